The van der Waals surface area contributed by atoms with Gasteiger partial charge in [-0.2, -0.15) is 0 Å². The third-order valence-corrected chi connectivity index (χ3v) is 3.36. The van der Waals surface area contributed by atoms with E-state index >= 15 is 0 Å². The van der Waals surface area contributed by atoms with Crippen molar-refractivity contribution in [1.29, 1.82) is 0 Å². The summed E-state index contributed by atoms with van der Waals surface area (Å²) in [6.07, 6.45) is 12.8. The summed E-state index contributed by atoms with van der Waals surface area (Å²) in [4.78, 5) is 4.20. The fraction of sp³-hybridized carbons (Fsp3) is 0.923. The number of nitrogens with two attached hydrogens (primary N) is 1. The summed E-state index contributed by atoms with van der Waals surface area (Å²) < 4.78 is 0. The van der Waals surface area contributed by atoms with Crippen molar-refractivity contribution in [2.75, 3.05) is 6.54 Å². The summed E-state index contributed by atoms with van der Waals surface area (Å²) in [6, 6.07) is 0. The topological polar surface area (TPSA) is 38.4 Å². The van der Waals surface area contributed by atoms with Crippen LogP contribution >= 0.6 is 0 Å². The molecule has 88 valence electrons. The highest BCUT2D eigenvalue weighted by Crippen LogP contribution is 2.27. The highest BCUT2D eigenvalue weighted by atomic mass is 14.8. The molecule has 0 spiro atoms. The molecule has 0 aliphatic heterocycles. The monoisotopic (exact) mass is 210 g/mol. The van der Waals surface area contributed by atoms with Crippen LogP contribution in [0, 0.1) is 5.92 Å². The lowest BCUT2D eigenvalue weighted by atomic mass is 9.86. The molecule has 0 amide bonds. The van der Waals surface area contributed by atoms with Crippen molar-refractivity contribution in [2.45, 2.75) is 64.7 Å². The maximum Gasteiger partial charge on any atom is 0.0905 e. The Bertz CT molecular complexity index is 177. The minimum absolute atomic E-state index is 0.724. The molecule has 2 nitrogen and oxygen atoms in total. The lowest BCUT2D eigenvalue weighted by Crippen LogP contribution is -2.07. The normalized spacial score (nSPS) is 19.4. The molecule has 0 aromatic carbocycles. The molecule has 0 bridgehead atoms. The zero-order valence-electron chi connectivity index (χ0n) is 10.2. The Balaban J connectivity index is 1.90. The van der Waals surface area contributed by atoms with Crippen molar-refractivity contribution in [1.82, 2.24) is 0 Å². The van der Waals surface area contributed by atoms with E-state index in [1.54, 1.807) is 0 Å². The number of rotatable bonds is 6. The first-order valence-corrected chi connectivity index (χ1v) is 6.55. The van der Waals surface area contributed by atoms with Crippen LogP contribution in [0.3, 0.4) is 0 Å². The van der Waals surface area contributed by atoms with Gasteiger partial charge in [0.1, 0.15) is 0 Å². The van der Waals surface area contributed by atoms with Gasteiger partial charge < -0.3 is 5.73 Å². The van der Waals surface area contributed by atoms with Gasteiger partial charge in [0.25, 0.3) is 0 Å². The molecule has 1 aliphatic carbocycles. The molecular weight excluding hydrogens is 184 g/mol. The Hall–Kier alpha value is -0.530. The van der Waals surface area contributed by atoms with Crippen molar-refractivity contribution in [3.05, 3.63) is 0 Å². The summed E-state index contributed by atoms with van der Waals surface area (Å²) in [6.45, 7) is 2.79. The predicted molar refractivity (Wildman–Crippen MR) is 67.2 cm³/mol. The second kappa shape index (κ2) is 7.72. The van der Waals surface area contributed by atoms with E-state index in [0.717, 1.165) is 18.3 Å². The van der Waals surface area contributed by atoms with E-state index in [-0.39, 0.29) is 0 Å². The van der Waals surface area contributed by atoms with E-state index in [1.165, 1.54) is 57.8 Å². The second-order valence-electron chi connectivity index (χ2n) is 4.88. The first-order valence-electron chi connectivity index (χ1n) is 6.55. The maximum absolute atomic E-state index is 5.47. The van der Waals surface area contributed by atoms with E-state index in [4.69, 9.17) is 5.73 Å². The first kappa shape index (κ1) is 12.5. The van der Waals surface area contributed by atoms with E-state index in [1.807, 2.05) is 6.92 Å². The lowest BCUT2D eigenvalue weighted by Gasteiger charge is -2.21. The predicted octanol–water partition coefficient (Wildman–Crippen LogP) is 3.50. The van der Waals surface area contributed by atoms with E-state index < -0.39 is 0 Å². The standard InChI is InChI=1S/C13H26N2/c1-12(14)15-11-7-3-6-10-13-8-4-2-5-9-13/h13H,2-11H2,1H3,(H2,14,15). The highest BCUT2D eigenvalue weighted by Gasteiger charge is 2.12. The van der Waals surface area contributed by atoms with E-state index in [9.17, 15) is 0 Å². The Kier molecular flexibility index (Phi) is 6.45. The molecule has 0 aromatic rings. The third-order valence-electron chi connectivity index (χ3n) is 3.36. The van der Waals surface area contributed by atoms with Gasteiger partial charge in [-0.25, -0.2) is 0 Å². The fourth-order valence-electron chi connectivity index (χ4n) is 2.45. The summed E-state index contributed by atoms with van der Waals surface area (Å²) in [5, 5.41) is 0. The average molecular weight is 210 g/mol. The summed E-state index contributed by atoms with van der Waals surface area (Å²) in [5.41, 5.74) is 5.47. The quantitative estimate of drug-likeness (QED) is 0.407. The number of aliphatic imine (C=N–C) groups is 1. The van der Waals surface area contributed by atoms with Gasteiger partial charge in [0, 0.05) is 6.54 Å². The fourth-order valence-corrected chi connectivity index (χ4v) is 2.45. The maximum atomic E-state index is 5.47. The SMILES string of the molecule is CC(N)=NCCCCCC1CCCCC1. The molecule has 1 rings (SSSR count). The number of hydrogen-bond acceptors (Lipinski definition) is 1. The van der Waals surface area contributed by atoms with Gasteiger partial charge in [-0.3, -0.25) is 4.99 Å². The zero-order chi connectivity index (χ0) is 10.9. The van der Waals surface area contributed by atoms with Crippen LogP contribution in [0.25, 0.3) is 0 Å². The summed E-state index contributed by atoms with van der Waals surface area (Å²) >= 11 is 0. The van der Waals surface area contributed by atoms with Crippen LogP contribution in [0.15, 0.2) is 4.99 Å². The summed E-state index contributed by atoms with van der Waals surface area (Å²) in [5.74, 6) is 1.76. The van der Waals surface area contributed by atoms with Crippen LogP contribution in [-0.2, 0) is 0 Å². The van der Waals surface area contributed by atoms with Crippen LogP contribution < -0.4 is 5.73 Å². The molecule has 0 unspecified atom stereocenters. The Labute approximate surface area is 94.3 Å². The molecule has 1 saturated carbocycles. The second-order valence-corrected chi connectivity index (χ2v) is 4.88. The summed E-state index contributed by atoms with van der Waals surface area (Å²) in [7, 11) is 0. The number of unbranched alkanes of at least 4 members (excludes halogenated alkanes) is 2. The first-order chi connectivity index (χ1) is 7.29. The molecule has 15 heavy (non-hydrogen) atoms. The van der Waals surface area contributed by atoms with E-state index in [2.05, 4.69) is 4.99 Å². The third kappa shape index (κ3) is 6.53. The number of nitrogens with zero attached hydrogens (tertiary/aromatic N) is 1. The molecular formula is C13H26N2. The van der Waals surface area contributed by atoms with Crippen LogP contribution in [0.5, 0.6) is 0 Å². The molecule has 0 saturated heterocycles. The highest BCUT2D eigenvalue weighted by molar-refractivity contribution is 5.77. The largest absolute Gasteiger partial charge is 0.388 e. The minimum Gasteiger partial charge on any atom is -0.388 e. The van der Waals surface area contributed by atoms with Gasteiger partial charge in [-0.05, 0) is 19.3 Å². The van der Waals surface area contributed by atoms with E-state index in [0.29, 0.717) is 0 Å². The molecule has 1 fully saturated rings. The number of hydrogen-bond donors (Lipinski definition) is 1. The molecule has 0 aromatic heterocycles. The van der Waals surface area contributed by atoms with Crippen molar-refractivity contribution in [3.63, 3.8) is 0 Å². The van der Waals surface area contributed by atoms with Crippen LogP contribution in [0.4, 0.5) is 0 Å². The van der Waals surface area contributed by atoms with Crippen LogP contribution in [0.1, 0.15) is 64.7 Å². The molecule has 2 heteroatoms. The Morgan fingerprint density at radius 1 is 1.13 bits per heavy atom. The van der Waals surface area contributed by atoms with Crippen LogP contribution in [0.2, 0.25) is 0 Å². The van der Waals surface area contributed by atoms with Gasteiger partial charge in [-0.15, -0.1) is 0 Å². The van der Waals surface area contributed by atoms with Crippen molar-refractivity contribution in [2.24, 2.45) is 16.6 Å². The average Bonchev–Trinajstić information content (AvgIpc) is 2.24. The minimum atomic E-state index is 0.724. The number of amidine groups is 1. The lowest BCUT2D eigenvalue weighted by molar-refractivity contribution is 0.329. The zero-order valence-corrected chi connectivity index (χ0v) is 10.2. The van der Waals surface area contributed by atoms with Gasteiger partial charge in [0.15, 0.2) is 0 Å². The van der Waals surface area contributed by atoms with Gasteiger partial charge in [0.2, 0.25) is 0 Å². The molecule has 2 N–H and O–H groups in total. The van der Waals surface area contributed by atoms with Gasteiger partial charge >= 0.3 is 0 Å². The molecule has 0 atom stereocenters. The van der Waals surface area contributed by atoms with Gasteiger partial charge in [-0.1, -0.05) is 51.4 Å². The smallest absolute Gasteiger partial charge is 0.0905 e. The van der Waals surface area contributed by atoms with Crippen molar-refractivity contribution < 1.29 is 0 Å². The molecule has 0 heterocycles. The molecule has 1 aliphatic rings. The van der Waals surface area contributed by atoms with Crippen LogP contribution in [-0.4, -0.2) is 12.4 Å². The Morgan fingerprint density at radius 2 is 1.87 bits per heavy atom. The van der Waals surface area contributed by atoms with Crippen molar-refractivity contribution >= 4 is 5.84 Å². The van der Waals surface area contributed by atoms with Crippen molar-refractivity contribution in [3.8, 4) is 0 Å². The van der Waals surface area contributed by atoms with Gasteiger partial charge in [0.05, 0.1) is 5.84 Å². The Morgan fingerprint density at radius 3 is 2.53 bits per heavy atom. The molecule has 0 radical (unpaired) electrons.